The average molecular weight is 474 g/mol. The molecular formula is C27H27N3O3S. The maximum atomic E-state index is 13.4. The van der Waals surface area contributed by atoms with Crippen LogP contribution in [0.25, 0.3) is 10.9 Å². The summed E-state index contributed by atoms with van der Waals surface area (Å²) in [6.45, 7) is 4.29. The fourth-order valence-electron chi connectivity index (χ4n) is 3.88. The first-order valence-corrected chi connectivity index (χ1v) is 12.6. The number of amides is 1. The third-order valence-electron chi connectivity index (χ3n) is 5.74. The molecule has 0 aliphatic heterocycles. The number of pyridine rings is 1. The largest absolute Gasteiger partial charge is 0.351 e. The van der Waals surface area contributed by atoms with Crippen LogP contribution in [-0.2, 0) is 27.8 Å². The molecule has 4 aromatic rings. The molecule has 0 radical (unpaired) electrons. The van der Waals surface area contributed by atoms with Crippen molar-refractivity contribution in [2.24, 2.45) is 0 Å². The molecule has 4 rings (SSSR count). The predicted octanol–water partition coefficient (Wildman–Crippen LogP) is 4.06. The molecule has 0 unspecified atom stereocenters. The molecule has 0 aliphatic carbocycles. The van der Waals surface area contributed by atoms with Gasteiger partial charge in [-0.3, -0.25) is 9.78 Å². The molecule has 0 fully saturated rings. The number of nitrogens with zero attached hydrogens (tertiary/aromatic N) is 1. The lowest BCUT2D eigenvalue weighted by Crippen LogP contribution is -2.47. The minimum absolute atomic E-state index is 0.0472. The minimum Gasteiger partial charge on any atom is -0.351 e. The number of aromatic nitrogens is 1. The standard InChI is InChI=1S/C27H27N3O3S/c1-19-13-14-20(2)23(16-19)18-29-27(31)24(17-21-8-4-3-5-9-21)30-34(32,33)25-12-6-10-22-11-7-15-28-26(22)25/h3-16,24,30H,17-18H2,1-2H3,(H,29,31)/t24-/m0/s1. The summed E-state index contributed by atoms with van der Waals surface area (Å²) in [5.74, 6) is -0.387. The van der Waals surface area contributed by atoms with Crippen molar-refractivity contribution in [3.05, 3.63) is 107 Å². The monoisotopic (exact) mass is 473 g/mol. The topological polar surface area (TPSA) is 88.2 Å². The summed E-state index contributed by atoms with van der Waals surface area (Å²) >= 11 is 0. The Balaban J connectivity index is 1.61. The first kappa shape index (κ1) is 23.6. The van der Waals surface area contributed by atoms with Crippen molar-refractivity contribution in [1.82, 2.24) is 15.0 Å². The number of nitrogens with one attached hydrogen (secondary N) is 2. The zero-order valence-corrected chi connectivity index (χ0v) is 20.0. The summed E-state index contributed by atoms with van der Waals surface area (Å²) in [7, 11) is -4.02. The van der Waals surface area contributed by atoms with E-state index in [0.29, 0.717) is 17.4 Å². The summed E-state index contributed by atoms with van der Waals surface area (Å²) in [6, 6.07) is 23.0. The van der Waals surface area contributed by atoms with Gasteiger partial charge in [-0.1, -0.05) is 72.3 Å². The molecule has 6 nitrogen and oxygen atoms in total. The van der Waals surface area contributed by atoms with E-state index < -0.39 is 16.1 Å². The van der Waals surface area contributed by atoms with Gasteiger partial charge in [0.2, 0.25) is 15.9 Å². The van der Waals surface area contributed by atoms with Gasteiger partial charge in [-0.05, 0) is 49.1 Å². The number of hydrogen-bond acceptors (Lipinski definition) is 4. The number of fused-ring (bicyclic) bond motifs is 1. The number of hydrogen-bond donors (Lipinski definition) is 2. The number of carbonyl (C=O) groups excluding carboxylic acids is 1. The Kier molecular flexibility index (Phi) is 7.05. The molecule has 0 bridgehead atoms. The van der Waals surface area contributed by atoms with Gasteiger partial charge in [0, 0.05) is 18.1 Å². The second-order valence-electron chi connectivity index (χ2n) is 8.34. The van der Waals surface area contributed by atoms with Gasteiger partial charge >= 0.3 is 0 Å². The quantitative estimate of drug-likeness (QED) is 0.404. The molecule has 1 atom stereocenters. The van der Waals surface area contributed by atoms with Gasteiger partial charge in [0.1, 0.15) is 10.9 Å². The highest BCUT2D eigenvalue weighted by atomic mass is 32.2. The van der Waals surface area contributed by atoms with E-state index in [1.807, 2.05) is 62.4 Å². The Morgan fingerprint density at radius 2 is 1.71 bits per heavy atom. The number of carbonyl (C=O) groups is 1. The Labute approximate surface area is 200 Å². The van der Waals surface area contributed by atoms with Crippen molar-refractivity contribution >= 4 is 26.8 Å². The van der Waals surface area contributed by atoms with Crippen molar-refractivity contribution < 1.29 is 13.2 Å². The summed E-state index contributed by atoms with van der Waals surface area (Å²) in [5.41, 5.74) is 4.38. The van der Waals surface area contributed by atoms with Crippen LogP contribution in [0.3, 0.4) is 0 Å². The fraction of sp³-hybridized carbons (Fsp3) is 0.185. The lowest BCUT2D eigenvalue weighted by Gasteiger charge is -2.20. The highest BCUT2D eigenvalue weighted by Gasteiger charge is 2.27. The molecular weight excluding hydrogens is 446 g/mol. The van der Waals surface area contributed by atoms with E-state index in [1.165, 1.54) is 6.07 Å². The fourth-order valence-corrected chi connectivity index (χ4v) is 5.25. The lowest BCUT2D eigenvalue weighted by molar-refractivity contribution is -0.122. The SMILES string of the molecule is Cc1ccc(C)c(CNC(=O)[C@H](Cc2ccccc2)NS(=O)(=O)c2cccc3cccnc23)c1. The van der Waals surface area contributed by atoms with Crippen molar-refractivity contribution in [3.8, 4) is 0 Å². The number of sulfonamides is 1. The maximum Gasteiger partial charge on any atom is 0.243 e. The highest BCUT2D eigenvalue weighted by molar-refractivity contribution is 7.89. The molecule has 174 valence electrons. The van der Waals surface area contributed by atoms with Crippen LogP contribution in [0.15, 0.2) is 90.0 Å². The van der Waals surface area contributed by atoms with Crippen LogP contribution in [0.4, 0.5) is 0 Å². The first-order valence-electron chi connectivity index (χ1n) is 11.1. The summed E-state index contributed by atoms with van der Waals surface area (Å²) in [4.78, 5) is 17.5. The second kappa shape index (κ2) is 10.2. The second-order valence-corrected chi connectivity index (χ2v) is 10.0. The Bertz CT molecular complexity index is 1410. The van der Waals surface area contributed by atoms with E-state index in [2.05, 4.69) is 15.0 Å². The van der Waals surface area contributed by atoms with Gasteiger partial charge in [0.15, 0.2) is 0 Å². The van der Waals surface area contributed by atoms with Crippen molar-refractivity contribution in [2.75, 3.05) is 0 Å². The number of benzene rings is 3. The average Bonchev–Trinajstić information content (AvgIpc) is 2.84. The third kappa shape index (κ3) is 5.50. The minimum atomic E-state index is -4.02. The van der Waals surface area contributed by atoms with Crippen LogP contribution < -0.4 is 10.0 Å². The summed E-state index contributed by atoms with van der Waals surface area (Å²) in [6.07, 6.45) is 1.77. The molecule has 0 saturated carbocycles. The van der Waals surface area contributed by atoms with Gasteiger partial charge in [-0.15, -0.1) is 0 Å². The molecule has 0 spiro atoms. The van der Waals surface area contributed by atoms with E-state index in [-0.39, 0.29) is 17.2 Å². The van der Waals surface area contributed by atoms with Crippen LogP contribution in [0.1, 0.15) is 22.3 Å². The van der Waals surface area contributed by atoms with Crippen molar-refractivity contribution in [2.45, 2.75) is 37.8 Å². The van der Waals surface area contributed by atoms with Crippen LogP contribution in [0, 0.1) is 13.8 Å². The number of rotatable bonds is 8. The summed E-state index contributed by atoms with van der Waals surface area (Å²) < 4.78 is 29.4. The molecule has 1 amide bonds. The van der Waals surface area contributed by atoms with Crippen molar-refractivity contribution in [1.29, 1.82) is 0 Å². The van der Waals surface area contributed by atoms with Crippen LogP contribution in [0.5, 0.6) is 0 Å². The van der Waals surface area contributed by atoms with E-state index in [0.717, 1.165) is 22.3 Å². The smallest absolute Gasteiger partial charge is 0.243 e. The summed E-state index contributed by atoms with van der Waals surface area (Å²) in [5, 5.41) is 3.63. The number of aryl methyl sites for hydroxylation is 2. The van der Waals surface area contributed by atoms with E-state index in [9.17, 15) is 13.2 Å². The molecule has 0 saturated heterocycles. The van der Waals surface area contributed by atoms with E-state index in [4.69, 9.17) is 0 Å². The predicted molar refractivity (Wildman–Crippen MR) is 134 cm³/mol. The molecule has 7 heteroatoms. The molecule has 1 heterocycles. The highest BCUT2D eigenvalue weighted by Crippen LogP contribution is 2.21. The molecule has 34 heavy (non-hydrogen) atoms. The van der Waals surface area contributed by atoms with Crippen LogP contribution in [-0.4, -0.2) is 25.4 Å². The van der Waals surface area contributed by atoms with E-state index in [1.54, 1.807) is 30.5 Å². The molecule has 3 aromatic carbocycles. The van der Waals surface area contributed by atoms with Gasteiger partial charge in [0.25, 0.3) is 0 Å². The first-order chi connectivity index (χ1) is 16.3. The molecule has 0 aliphatic rings. The molecule has 1 aromatic heterocycles. The zero-order valence-electron chi connectivity index (χ0n) is 19.2. The van der Waals surface area contributed by atoms with Crippen LogP contribution >= 0.6 is 0 Å². The number of para-hydroxylation sites is 1. The molecule has 2 N–H and O–H groups in total. The Morgan fingerprint density at radius 1 is 0.941 bits per heavy atom. The zero-order chi connectivity index (χ0) is 24.1. The van der Waals surface area contributed by atoms with E-state index >= 15 is 0 Å². The van der Waals surface area contributed by atoms with Gasteiger partial charge < -0.3 is 5.32 Å². The van der Waals surface area contributed by atoms with Gasteiger partial charge in [-0.2, -0.15) is 4.72 Å². The Morgan fingerprint density at radius 3 is 2.50 bits per heavy atom. The van der Waals surface area contributed by atoms with Gasteiger partial charge in [0.05, 0.1) is 5.52 Å². The Hall–Kier alpha value is -3.55. The lowest BCUT2D eigenvalue weighted by atomic mass is 10.0. The van der Waals surface area contributed by atoms with Gasteiger partial charge in [-0.25, -0.2) is 8.42 Å². The third-order valence-corrected chi connectivity index (χ3v) is 7.24. The maximum absolute atomic E-state index is 13.4. The van der Waals surface area contributed by atoms with Crippen LogP contribution in [0.2, 0.25) is 0 Å². The normalized spacial score (nSPS) is 12.4. The van der Waals surface area contributed by atoms with Crippen molar-refractivity contribution in [3.63, 3.8) is 0 Å².